The number of carbonyl (C=O) groups is 4. The van der Waals surface area contributed by atoms with E-state index in [1.54, 1.807) is 0 Å². The predicted octanol–water partition coefficient (Wildman–Crippen LogP) is -1.37. The first-order chi connectivity index (χ1) is 10.9. The van der Waals surface area contributed by atoms with Crippen LogP contribution in [0.2, 0.25) is 0 Å². The van der Waals surface area contributed by atoms with Gasteiger partial charge in [-0.25, -0.2) is 4.79 Å². The molecule has 10 heteroatoms. The van der Waals surface area contributed by atoms with E-state index in [-0.39, 0.29) is 18.7 Å². The summed E-state index contributed by atoms with van der Waals surface area (Å²) in [6.07, 6.45) is 0.882. The molecule has 0 aliphatic carbocycles. The molecule has 1 saturated heterocycles. The molecule has 0 saturated carbocycles. The van der Waals surface area contributed by atoms with Gasteiger partial charge in [0.2, 0.25) is 11.8 Å². The first kappa shape index (κ1) is 19.2. The molecule has 0 spiro atoms. The van der Waals surface area contributed by atoms with E-state index in [4.69, 9.17) is 10.2 Å². The van der Waals surface area contributed by atoms with E-state index in [9.17, 15) is 19.2 Å². The summed E-state index contributed by atoms with van der Waals surface area (Å²) in [4.78, 5) is 45.2. The third-order valence-corrected chi connectivity index (χ3v) is 4.24. The van der Waals surface area contributed by atoms with E-state index >= 15 is 0 Å². The minimum Gasteiger partial charge on any atom is -0.480 e. The van der Waals surface area contributed by atoms with Gasteiger partial charge in [0, 0.05) is 17.9 Å². The van der Waals surface area contributed by atoms with Crippen LogP contribution < -0.4 is 16.0 Å². The predicted molar refractivity (Wildman–Crippen MR) is 83.2 cm³/mol. The Morgan fingerprint density at radius 2 is 2.00 bits per heavy atom. The zero-order valence-corrected chi connectivity index (χ0v) is 13.4. The number of thioether (sulfide) groups is 1. The maximum Gasteiger partial charge on any atom is 0.326 e. The van der Waals surface area contributed by atoms with Crippen LogP contribution in [0.5, 0.6) is 0 Å². The van der Waals surface area contributed by atoms with Crippen LogP contribution in [-0.4, -0.2) is 70.6 Å². The number of aliphatic carboxylic acids is 2. The second-order valence-corrected chi connectivity index (χ2v) is 6.19. The van der Waals surface area contributed by atoms with Gasteiger partial charge in [-0.15, -0.1) is 0 Å². The Bertz CT molecular complexity index is 459. The van der Waals surface area contributed by atoms with Crippen molar-refractivity contribution in [3.63, 3.8) is 0 Å². The third kappa shape index (κ3) is 7.84. The van der Waals surface area contributed by atoms with Crippen LogP contribution in [0.4, 0.5) is 0 Å². The molecule has 0 aromatic heterocycles. The van der Waals surface area contributed by atoms with Crippen LogP contribution in [0, 0.1) is 0 Å². The fourth-order valence-electron chi connectivity index (χ4n) is 1.99. The smallest absolute Gasteiger partial charge is 0.326 e. The molecule has 1 aliphatic heterocycles. The molecule has 1 heterocycles. The quantitative estimate of drug-likeness (QED) is 0.419. The second-order valence-electron chi connectivity index (χ2n) is 5.04. The first-order valence-electron chi connectivity index (χ1n) is 7.23. The molecule has 5 N–H and O–H groups in total. The maximum absolute atomic E-state index is 11.9. The summed E-state index contributed by atoms with van der Waals surface area (Å²) in [5.41, 5.74) is 0. The van der Waals surface area contributed by atoms with E-state index < -0.39 is 36.5 Å². The number of hydrogen-bond acceptors (Lipinski definition) is 6. The topological polar surface area (TPSA) is 145 Å². The van der Waals surface area contributed by atoms with Gasteiger partial charge in [0.25, 0.3) is 0 Å². The van der Waals surface area contributed by atoms with E-state index in [0.717, 1.165) is 0 Å². The summed E-state index contributed by atoms with van der Waals surface area (Å²) in [6, 6.07) is -1.52. The molecule has 23 heavy (non-hydrogen) atoms. The Kier molecular flexibility index (Phi) is 8.41. The molecule has 9 nitrogen and oxygen atoms in total. The number of rotatable bonds is 4. The highest BCUT2D eigenvalue weighted by Crippen LogP contribution is 2.08. The zero-order chi connectivity index (χ0) is 17.2. The molecule has 1 aliphatic rings. The van der Waals surface area contributed by atoms with Gasteiger partial charge < -0.3 is 26.2 Å². The van der Waals surface area contributed by atoms with Crippen LogP contribution in [0.25, 0.3) is 0 Å². The molecule has 0 bridgehead atoms. The van der Waals surface area contributed by atoms with E-state index in [1.165, 1.54) is 11.8 Å². The van der Waals surface area contributed by atoms with Crippen molar-refractivity contribution in [1.29, 1.82) is 0 Å². The summed E-state index contributed by atoms with van der Waals surface area (Å²) < 4.78 is 0. The monoisotopic (exact) mass is 347 g/mol. The van der Waals surface area contributed by atoms with Crippen molar-refractivity contribution in [3.05, 3.63) is 0 Å². The van der Waals surface area contributed by atoms with Gasteiger partial charge in [-0.05, 0) is 19.4 Å². The molecular formula is C13H21N3O6S. The average Bonchev–Trinajstić information content (AvgIpc) is 2.47. The second kappa shape index (κ2) is 10.1. The van der Waals surface area contributed by atoms with Gasteiger partial charge in [-0.1, -0.05) is 0 Å². The Hall–Kier alpha value is -1.81. The van der Waals surface area contributed by atoms with E-state index in [2.05, 4.69) is 16.0 Å². The Morgan fingerprint density at radius 3 is 2.65 bits per heavy atom. The van der Waals surface area contributed by atoms with E-state index in [1.807, 2.05) is 0 Å². The van der Waals surface area contributed by atoms with Crippen molar-refractivity contribution in [2.75, 3.05) is 24.6 Å². The Balaban J connectivity index is 2.58. The SMILES string of the molecule is O=C(O)CNC(=O)C1CSCCC(=O)NC(C(=O)O)CCCN1. The standard InChI is InChI=1S/C13H21N3O6S/c17-10-3-5-23-7-9(12(20)15-6-11(18)19)14-4-1-2-8(16-10)13(21)22/h8-9,14H,1-7H2,(H,15,20)(H,16,17)(H,18,19)(H,21,22). The lowest BCUT2D eigenvalue weighted by Gasteiger charge is -2.20. The van der Waals surface area contributed by atoms with Crippen molar-refractivity contribution < 1.29 is 29.4 Å². The van der Waals surface area contributed by atoms with E-state index in [0.29, 0.717) is 24.5 Å². The highest BCUT2D eigenvalue weighted by molar-refractivity contribution is 7.99. The number of carboxylic acids is 2. The number of carbonyl (C=O) groups excluding carboxylic acids is 2. The largest absolute Gasteiger partial charge is 0.480 e. The zero-order valence-electron chi connectivity index (χ0n) is 12.5. The molecule has 1 fully saturated rings. The fourth-order valence-corrected chi connectivity index (χ4v) is 2.99. The molecular weight excluding hydrogens is 326 g/mol. The van der Waals surface area contributed by atoms with Gasteiger partial charge in [0.05, 0.1) is 6.04 Å². The van der Waals surface area contributed by atoms with Crippen molar-refractivity contribution >= 4 is 35.5 Å². The highest BCUT2D eigenvalue weighted by Gasteiger charge is 2.22. The van der Waals surface area contributed by atoms with Crippen LogP contribution in [0.3, 0.4) is 0 Å². The summed E-state index contributed by atoms with van der Waals surface area (Å²) in [5.74, 6) is -2.11. The van der Waals surface area contributed by atoms with Gasteiger partial charge in [0.15, 0.2) is 0 Å². The average molecular weight is 347 g/mol. The Labute approximate surface area is 137 Å². The lowest BCUT2D eigenvalue weighted by Crippen LogP contribution is -2.48. The lowest BCUT2D eigenvalue weighted by molar-refractivity contribution is -0.142. The van der Waals surface area contributed by atoms with Gasteiger partial charge in [0.1, 0.15) is 12.6 Å². The molecule has 130 valence electrons. The van der Waals surface area contributed by atoms with Crippen molar-refractivity contribution in [2.24, 2.45) is 0 Å². The summed E-state index contributed by atoms with van der Waals surface area (Å²) >= 11 is 1.37. The summed E-state index contributed by atoms with van der Waals surface area (Å²) in [6.45, 7) is -0.0590. The maximum atomic E-state index is 11.9. The Morgan fingerprint density at radius 1 is 1.26 bits per heavy atom. The van der Waals surface area contributed by atoms with Gasteiger partial charge in [-0.3, -0.25) is 14.4 Å². The highest BCUT2D eigenvalue weighted by atomic mass is 32.2. The number of nitrogens with one attached hydrogen (secondary N) is 3. The lowest BCUT2D eigenvalue weighted by atomic mass is 10.1. The molecule has 1 rings (SSSR count). The fraction of sp³-hybridized carbons (Fsp3) is 0.692. The third-order valence-electron chi connectivity index (χ3n) is 3.18. The summed E-state index contributed by atoms with van der Waals surface area (Å²) in [5, 5.41) is 25.4. The molecule has 0 aromatic carbocycles. The minimum absolute atomic E-state index is 0.165. The van der Waals surface area contributed by atoms with Gasteiger partial charge >= 0.3 is 11.9 Å². The van der Waals surface area contributed by atoms with Crippen LogP contribution in [0.1, 0.15) is 19.3 Å². The van der Waals surface area contributed by atoms with Gasteiger partial charge in [-0.2, -0.15) is 11.8 Å². The molecule has 0 aromatic rings. The van der Waals surface area contributed by atoms with Crippen molar-refractivity contribution in [3.8, 4) is 0 Å². The summed E-state index contributed by atoms with van der Waals surface area (Å²) in [7, 11) is 0. The normalized spacial score (nSPS) is 23.7. The van der Waals surface area contributed by atoms with Crippen LogP contribution >= 0.6 is 11.8 Å². The molecule has 2 unspecified atom stereocenters. The molecule has 2 atom stereocenters. The van der Waals surface area contributed by atoms with Crippen molar-refractivity contribution in [2.45, 2.75) is 31.3 Å². The van der Waals surface area contributed by atoms with Crippen molar-refractivity contribution in [1.82, 2.24) is 16.0 Å². The number of amides is 2. The number of hydrogen-bond donors (Lipinski definition) is 5. The molecule has 0 radical (unpaired) electrons. The van der Waals surface area contributed by atoms with Crippen LogP contribution in [0.15, 0.2) is 0 Å². The molecule has 2 amide bonds. The minimum atomic E-state index is -1.12. The first-order valence-corrected chi connectivity index (χ1v) is 8.38. The van der Waals surface area contributed by atoms with Crippen LogP contribution in [-0.2, 0) is 19.2 Å². The number of carboxylic acid groups (broad SMARTS) is 2.